The van der Waals surface area contributed by atoms with Gasteiger partial charge < -0.3 is 9.64 Å². The van der Waals surface area contributed by atoms with Crippen LogP contribution in [0.1, 0.15) is 19.8 Å². The molecule has 0 radical (unpaired) electrons. The third-order valence-corrected chi connectivity index (χ3v) is 7.66. The van der Waals surface area contributed by atoms with Gasteiger partial charge in [0.1, 0.15) is 5.75 Å². The maximum absolute atomic E-state index is 13.1. The molecule has 3 amide bonds. The molecule has 2 saturated heterocycles. The number of nitrogens with zero attached hydrogens (tertiary/aromatic N) is 2. The van der Waals surface area contributed by atoms with E-state index in [1.807, 2.05) is 19.1 Å². The fourth-order valence-electron chi connectivity index (χ4n) is 5.09. The Kier molecular flexibility index (Phi) is 6.15. The standard InChI is InChI=1S/C26H22Cl2N2O5/c1-14-5-2-8-18-22(14)25(33)30(24(18)32)16-6-3-7-17(12-16)35-26(34)15-11-21(31)29(13-15)20-10-4-9-19(27)23(20)28/h2-7,9-10,12,14-15,18,22H,8,11,13H2,1H3/t14-,15+,18+,22-/m1/s1. The van der Waals surface area contributed by atoms with Crippen LogP contribution in [0.3, 0.4) is 0 Å². The van der Waals surface area contributed by atoms with Gasteiger partial charge in [0, 0.05) is 19.0 Å². The van der Waals surface area contributed by atoms with Crippen molar-refractivity contribution in [2.75, 3.05) is 16.3 Å². The van der Waals surface area contributed by atoms with Crippen molar-refractivity contribution in [2.24, 2.45) is 23.7 Å². The van der Waals surface area contributed by atoms with Crippen LogP contribution in [0, 0.1) is 23.7 Å². The number of imide groups is 1. The van der Waals surface area contributed by atoms with E-state index in [1.165, 1.54) is 15.9 Å². The Morgan fingerprint density at radius 1 is 1.06 bits per heavy atom. The number of carbonyl (C=O) groups is 4. The van der Waals surface area contributed by atoms with Crippen LogP contribution in [0.2, 0.25) is 10.0 Å². The van der Waals surface area contributed by atoms with Gasteiger partial charge in [-0.15, -0.1) is 0 Å². The topological polar surface area (TPSA) is 84.0 Å². The van der Waals surface area contributed by atoms with E-state index in [9.17, 15) is 19.2 Å². The first kappa shape index (κ1) is 23.6. The third-order valence-electron chi connectivity index (χ3n) is 6.85. The van der Waals surface area contributed by atoms with Crippen LogP contribution < -0.4 is 14.5 Å². The summed E-state index contributed by atoms with van der Waals surface area (Å²) >= 11 is 12.3. The number of benzene rings is 2. The number of ether oxygens (including phenoxy) is 1. The lowest BCUT2D eigenvalue weighted by Crippen LogP contribution is -2.31. The molecule has 35 heavy (non-hydrogen) atoms. The predicted octanol–water partition coefficient (Wildman–Crippen LogP) is 4.65. The quantitative estimate of drug-likeness (QED) is 0.257. The molecule has 0 aromatic heterocycles. The molecule has 7 nitrogen and oxygen atoms in total. The SMILES string of the molecule is C[C@@H]1C=CC[C@@H]2C(=O)N(c3cccc(OC(=O)[C@H]4CC(=O)N(c5cccc(Cl)c5Cl)C4)c3)C(=O)[C@H]12. The fraction of sp³-hybridized carbons (Fsp3) is 0.308. The average molecular weight is 513 g/mol. The first-order valence-electron chi connectivity index (χ1n) is 11.4. The Hall–Kier alpha value is -3.16. The molecular weight excluding hydrogens is 491 g/mol. The van der Waals surface area contributed by atoms with Gasteiger partial charge in [0.2, 0.25) is 17.7 Å². The van der Waals surface area contributed by atoms with Crippen LogP contribution in [-0.4, -0.2) is 30.2 Å². The Morgan fingerprint density at radius 3 is 2.60 bits per heavy atom. The van der Waals surface area contributed by atoms with Crippen molar-refractivity contribution in [2.45, 2.75) is 19.8 Å². The largest absolute Gasteiger partial charge is 0.426 e. The van der Waals surface area contributed by atoms with Gasteiger partial charge in [-0.05, 0) is 36.6 Å². The van der Waals surface area contributed by atoms with Crippen molar-refractivity contribution >= 4 is 58.3 Å². The molecular formula is C26H22Cl2N2O5. The van der Waals surface area contributed by atoms with Crippen molar-refractivity contribution in [1.82, 2.24) is 0 Å². The molecule has 0 unspecified atom stereocenters. The summed E-state index contributed by atoms with van der Waals surface area (Å²) in [5, 5.41) is 0.560. The van der Waals surface area contributed by atoms with Crippen molar-refractivity contribution < 1.29 is 23.9 Å². The molecule has 0 spiro atoms. The minimum Gasteiger partial charge on any atom is -0.426 e. The van der Waals surface area contributed by atoms with Crippen LogP contribution in [-0.2, 0) is 19.2 Å². The molecule has 3 aliphatic rings. The summed E-state index contributed by atoms with van der Waals surface area (Å²) in [4.78, 5) is 54.1. The highest BCUT2D eigenvalue weighted by Gasteiger charge is 2.50. The molecule has 4 atom stereocenters. The monoisotopic (exact) mass is 512 g/mol. The van der Waals surface area contributed by atoms with Crippen LogP contribution in [0.25, 0.3) is 0 Å². The van der Waals surface area contributed by atoms with Gasteiger partial charge >= 0.3 is 5.97 Å². The Labute approximate surface area is 212 Å². The highest BCUT2D eigenvalue weighted by Crippen LogP contribution is 2.41. The van der Waals surface area contributed by atoms with E-state index < -0.39 is 11.9 Å². The van der Waals surface area contributed by atoms with Crippen LogP contribution in [0.4, 0.5) is 11.4 Å². The summed E-state index contributed by atoms with van der Waals surface area (Å²) in [7, 11) is 0. The van der Waals surface area contributed by atoms with Crippen LogP contribution >= 0.6 is 23.2 Å². The summed E-state index contributed by atoms with van der Waals surface area (Å²) in [5.74, 6) is -2.61. The molecule has 5 rings (SSSR count). The Morgan fingerprint density at radius 2 is 1.83 bits per heavy atom. The van der Waals surface area contributed by atoms with Gasteiger partial charge in [0.05, 0.1) is 39.2 Å². The lowest BCUT2D eigenvalue weighted by Gasteiger charge is -2.22. The highest BCUT2D eigenvalue weighted by atomic mass is 35.5. The van der Waals surface area contributed by atoms with Crippen molar-refractivity contribution in [3.63, 3.8) is 0 Å². The Bertz CT molecular complexity index is 1280. The molecule has 2 aliphatic heterocycles. The summed E-state index contributed by atoms with van der Waals surface area (Å²) in [6.45, 7) is 2.04. The fourth-order valence-corrected chi connectivity index (χ4v) is 5.48. The molecule has 1 aliphatic carbocycles. The first-order valence-corrected chi connectivity index (χ1v) is 12.1. The zero-order valence-corrected chi connectivity index (χ0v) is 20.3. The normalized spacial score (nSPS) is 25.9. The lowest BCUT2D eigenvalue weighted by atomic mass is 9.78. The summed E-state index contributed by atoms with van der Waals surface area (Å²) < 4.78 is 5.56. The van der Waals surface area contributed by atoms with E-state index in [4.69, 9.17) is 27.9 Å². The van der Waals surface area contributed by atoms with Gasteiger partial charge in [-0.1, -0.05) is 54.4 Å². The van der Waals surface area contributed by atoms with Crippen LogP contribution in [0.5, 0.6) is 5.75 Å². The first-order chi connectivity index (χ1) is 16.8. The van der Waals surface area contributed by atoms with Crippen LogP contribution in [0.15, 0.2) is 54.6 Å². The maximum Gasteiger partial charge on any atom is 0.316 e. The molecule has 0 bridgehead atoms. The molecule has 9 heteroatoms. The number of amides is 3. The van der Waals surface area contributed by atoms with Crippen molar-refractivity contribution in [3.05, 3.63) is 64.7 Å². The van der Waals surface area contributed by atoms with E-state index in [2.05, 4.69) is 0 Å². The van der Waals surface area contributed by atoms with E-state index in [1.54, 1.807) is 36.4 Å². The maximum atomic E-state index is 13.1. The second-order valence-corrected chi connectivity index (χ2v) is 9.85. The van der Waals surface area contributed by atoms with Gasteiger partial charge in [-0.3, -0.25) is 19.2 Å². The predicted molar refractivity (Wildman–Crippen MR) is 131 cm³/mol. The number of fused-ring (bicyclic) bond motifs is 1. The second-order valence-electron chi connectivity index (χ2n) is 9.06. The third kappa shape index (κ3) is 4.13. The van der Waals surface area contributed by atoms with E-state index in [-0.39, 0.29) is 59.2 Å². The zero-order valence-electron chi connectivity index (χ0n) is 18.8. The highest BCUT2D eigenvalue weighted by molar-refractivity contribution is 6.44. The minimum absolute atomic E-state index is 0.0212. The zero-order chi connectivity index (χ0) is 24.9. The lowest BCUT2D eigenvalue weighted by molar-refractivity contribution is -0.139. The smallest absolute Gasteiger partial charge is 0.316 e. The number of rotatable bonds is 4. The molecule has 0 N–H and O–H groups in total. The molecule has 0 saturated carbocycles. The van der Waals surface area contributed by atoms with E-state index >= 15 is 0 Å². The minimum atomic E-state index is -0.703. The second kappa shape index (κ2) is 9.13. The number of halogens is 2. The number of anilines is 2. The molecule has 2 heterocycles. The summed E-state index contributed by atoms with van der Waals surface area (Å²) in [6.07, 6.45) is 4.42. The van der Waals surface area contributed by atoms with Crippen molar-refractivity contribution in [3.8, 4) is 5.75 Å². The average Bonchev–Trinajstić information content (AvgIpc) is 3.34. The number of allylic oxidation sites excluding steroid dienone is 2. The number of esters is 1. The van der Waals surface area contributed by atoms with Gasteiger partial charge in [-0.2, -0.15) is 0 Å². The van der Waals surface area contributed by atoms with Gasteiger partial charge in [0.15, 0.2) is 0 Å². The molecule has 2 aromatic carbocycles. The molecule has 2 fully saturated rings. The van der Waals surface area contributed by atoms with E-state index in [0.29, 0.717) is 22.8 Å². The summed E-state index contributed by atoms with van der Waals surface area (Å²) in [6, 6.07) is 11.3. The molecule has 180 valence electrons. The van der Waals surface area contributed by atoms with Gasteiger partial charge in [0.25, 0.3) is 0 Å². The number of carbonyl (C=O) groups excluding carboxylic acids is 4. The van der Waals surface area contributed by atoms with Crippen molar-refractivity contribution in [1.29, 1.82) is 0 Å². The Balaban J connectivity index is 1.31. The number of hydrogen-bond donors (Lipinski definition) is 0. The number of hydrogen-bond acceptors (Lipinski definition) is 5. The molecule has 2 aromatic rings. The summed E-state index contributed by atoms with van der Waals surface area (Å²) in [5.41, 5.74) is 0.805. The van der Waals surface area contributed by atoms with E-state index in [0.717, 1.165) is 0 Å². The van der Waals surface area contributed by atoms with Gasteiger partial charge in [-0.25, -0.2) is 4.90 Å².